The van der Waals surface area contributed by atoms with Gasteiger partial charge in [0.15, 0.2) is 0 Å². The first-order valence-corrected chi connectivity index (χ1v) is 13.4. The van der Waals surface area contributed by atoms with Crippen LogP contribution in [0.15, 0.2) is 42.5 Å². The lowest BCUT2D eigenvalue weighted by Crippen LogP contribution is -2.02. The Bertz CT molecular complexity index is 1720. The van der Waals surface area contributed by atoms with Gasteiger partial charge >= 0.3 is 54.1 Å². The summed E-state index contributed by atoms with van der Waals surface area (Å²) < 4.78 is 48.2. The molecule has 0 bridgehead atoms. The van der Waals surface area contributed by atoms with Crippen LogP contribution in [0.4, 0.5) is 0 Å². The van der Waals surface area contributed by atoms with Gasteiger partial charge in [-0.25, -0.2) is 0 Å². The molecule has 242 valence electrons. The van der Waals surface area contributed by atoms with Crippen molar-refractivity contribution < 1.29 is 42.6 Å². The molecule has 0 spiro atoms. The summed E-state index contributed by atoms with van der Waals surface area (Å²) in [6, 6.07) is 12.2. The van der Waals surface area contributed by atoms with E-state index in [1.165, 1.54) is 42.7 Å². The molecule has 0 amide bonds. The molecule has 0 aliphatic rings. The third-order valence-corrected chi connectivity index (χ3v) is 5.70. The van der Waals surface area contributed by atoms with Crippen molar-refractivity contribution in [1.29, 1.82) is 0 Å². The zero-order valence-corrected chi connectivity index (χ0v) is 25.9. The lowest BCUT2D eigenvalue weighted by molar-refractivity contribution is 0.318. The summed E-state index contributed by atoms with van der Waals surface area (Å²) in [7, 11) is 8.50. The molecule has 18 nitrogen and oxygen atoms in total. The predicted octanol–water partition coefficient (Wildman–Crippen LogP) is 3.84. The molecule has 0 unspecified atom stereocenters. The van der Waals surface area contributed by atoms with Gasteiger partial charge in [-0.15, -0.1) is 44.9 Å². The average Bonchev–Trinajstić information content (AvgIpc) is 3.10. The predicted molar refractivity (Wildman–Crippen MR) is 161 cm³/mol. The van der Waals surface area contributed by atoms with Crippen LogP contribution >= 0.6 is 0 Å². The molecular weight excluding hydrogens is 618 g/mol. The molecule has 0 atom stereocenters. The topological polar surface area (TPSA) is 199 Å². The number of methoxy groups -OCH3 is 6. The van der Waals surface area contributed by atoms with E-state index in [4.69, 9.17) is 42.6 Å². The number of nitrogens with zero attached hydrogens (tertiary/aromatic N) is 9. The molecule has 3 aromatic heterocycles. The van der Waals surface area contributed by atoms with Crippen LogP contribution in [0.2, 0.25) is 0 Å². The van der Waals surface area contributed by atoms with E-state index in [9.17, 15) is 0 Å². The van der Waals surface area contributed by atoms with Crippen LogP contribution in [0.1, 0.15) is 11.1 Å². The maximum absolute atomic E-state index is 5.94. The third-order valence-electron chi connectivity index (χ3n) is 5.70. The first-order chi connectivity index (χ1) is 22.9. The second-order valence-electron chi connectivity index (χ2n) is 8.72. The molecule has 0 saturated heterocycles. The normalized spacial score (nSPS) is 10.7. The average molecular weight is 646 g/mol. The lowest BCUT2D eigenvalue weighted by atomic mass is 10.1. The smallest absolute Gasteiger partial charge is 0.331 e. The zero-order chi connectivity index (χ0) is 33.2. The Morgan fingerprint density at radius 3 is 0.979 bits per heavy atom. The van der Waals surface area contributed by atoms with E-state index in [0.717, 1.165) is 5.56 Å². The van der Waals surface area contributed by atoms with Crippen molar-refractivity contribution in [3.8, 4) is 71.3 Å². The van der Waals surface area contributed by atoms with Crippen LogP contribution in [0.5, 0.6) is 71.3 Å². The maximum atomic E-state index is 5.94. The number of hydrogen-bond donors (Lipinski definition) is 0. The van der Waals surface area contributed by atoms with Gasteiger partial charge in [0.05, 0.1) is 42.7 Å². The van der Waals surface area contributed by atoms with Crippen molar-refractivity contribution >= 4 is 12.2 Å². The first kappa shape index (κ1) is 31.8. The standard InChI is InChI=1S/C29H27N9O9/c1-39-21-30-22(40-2)34-27(33-21)45-18-11-9-16(10-12-18)7-8-17-13-19(46-28-35-23(41-3)31-24(36-28)42-4)15-20(14-17)47-29-37-25(43-5)32-26(38-29)44-6/h7-15H,1-6H3/b8-7+. The summed E-state index contributed by atoms with van der Waals surface area (Å²) >= 11 is 0. The van der Waals surface area contributed by atoms with Crippen LogP contribution in [-0.4, -0.2) is 87.5 Å². The minimum atomic E-state index is -0.0757. The van der Waals surface area contributed by atoms with Crippen LogP contribution in [-0.2, 0) is 0 Å². The van der Waals surface area contributed by atoms with Gasteiger partial charge in [-0.2, -0.15) is 0 Å². The summed E-state index contributed by atoms with van der Waals surface area (Å²) in [6.45, 7) is 0. The molecule has 2 aromatic carbocycles. The monoisotopic (exact) mass is 645 g/mol. The third kappa shape index (κ3) is 8.53. The molecule has 0 radical (unpaired) electrons. The molecule has 5 rings (SSSR count). The van der Waals surface area contributed by atoms with Crippen molar-refractivity contribution in [2.45, 2.75) is 0 Å². The molecule has 47 heavy (non-hydrogen) atoms. The van der Waals surface area contributed by atoms with Gasteiger partial charge in [0.25, 0.3) is 0 Å². The van der Waals surface area contributed by atoms with Crippen molar-refractivity contribution in [3.05, 3.63) is 53.6 Å². The van der Waals surface area contributed by atoms with Gasteiger partial charge in [0.2, 0.25) is 0 Å². The Balaban J connectivity index is 1.42. The number of ether oxygens (including phenoxy) is 9. The van der Waals surface area contributed by atoms with Gasteiger partial charge in [-0.1, -0.05) is 24.3 Å². The number of benzene rings is 2. The van der Waals surface area contributed by atoms with Gasteiger partial charge < -0.3 is 42.6 Å². The molecule has 0 N–H and O–H groups in total. The summed E-state index contributed by atoms with van der Waals surface area (Å²) in [6.07, 6.45) is 3.70. The van der Waals surface area contributed by atoms with Gasteiger partial charge in [0, 0.05) is 6.07 Å². The van der Waals surface area contributed by atoms with Crippen molar-refractivity contribution in [3.63, 3.8) is 0 Å². The molecule has 0 aliphatic heterocycles. The quantitative estimate of drug-likeness (QED) is 0.158. The van der Waals surface area contributed by atoms with E-state index in [2.05, 4.69) is 44.9 Å². The summed E-state index contributed by atoms with van der Waals surface area (Å²) in [5.74, 6) is 1.09. The number of aromatic nitrogens is 9. The van der Waals surface area contributed by atoms with E-state index in [1.54, 1.807) is 30.3 Å². The van der Waals surface area contributed by atoms with Crippen molar-refractivity contribution in [2.24, 2.45) is 0 Å². The van der Waals surface area contributed by atoms with Gasteiger partial charge in [-0.3, -0.25) is 0 Å². The lowest BCUT2D eigenvalue weighted by Gasteiger charge is -2.11. The van der Waals surface area contributed by atoms with Crippen molar-refractivity contribution in [1.82, 2.24) is 44.9 Å². The Kier molecular flexibility index (Phi) is 10.1. The highest BCUT2D eigenvalue weighted by atomic mass is 16.5. The molecular formula is C29H27N9O9. The molecule has 18 heteroatoms. The van der Waals surface area contributed by atoms with Gasteiger partial charge in [-0.05, 0) is 35.4 Å². The molecule has 0 fully saturated rings. The fourth-order valence-electron chi connectivity index (χ4n) is 3.61. The Morgan fingerprint density at radius 1 is 0.340 bits per heavy atom. The molecule has 0 aliphatic carbocycles. The first-order valence-electron chi connectivity index (χ1n) is 13.4. The van der Waals surface area contributed by atoms with E-state index in [-0.39, 0.29) is 54.1 Å². The fourth-order valence-corrected chi connectivity index (χ4v) is 3.61. The fraction of sp³-hybridized carbons (Fsp3) is 0.207. The van der Waals surface area contributed by atoms with E-state index >= 15 is 0 Å². The van der Waals surface area contributed by atoms with E-state index in [1.807, 2.05) is 24.3 Å². The van der Waals surface area contributed by atoms with E-state index in [0.29, 0.717) is 22.8 Å². The zero-order valence-electron chi connectivity index (χ0n) is 25.9. The van der Waals surface area contributed by atoms with Crippen LogP contribution in [0.3, 0.4) is 0 Å². The Morgan fingerprint density at radius 2 is 0.638 bits per heavy atom. The molecule has 5 aromatic rings. The highest BCUT2D eigenvalue weighted by Gasteiger charge is 2.14. The SMILES string of the molecule is COc1nc(OC)nc(Oc2ccc(/C=C/c3cc(Oc4nc(OC)nc(OC)n4)cc(Oc4nc(OC)nc(OC)n4)c3)cc2)n1. The highest BCUT2D eigenvalue weighted by Crippen LogP contribution is 2.31. The van der Waals surface area contributed by atoms with E-state index < -0.39 is 0 Å². The summed E-state index contributed by atoms with van der Waals surface area (Å²) in [5.41, 5.74) is 1.51. The summed E-state index contributed by atoms with van der Waals surface area (Å²) in [4.78, 5) is 36.6. The van der Waals surface area contributed by atoms with Crippen LogP contribution < -0.4 is 42.6 Å². The maximum Gasteiger partial charge on any atom is 0.331 e. The Labute approximate surface area is 267 Å². The molecule has 3 heterocycles. The van der Waals surface area contributed by atoms with Crippen molar-refractivity contribution in [2.75, 3.05) is 42.7 Å². The van der Waals surface area contributed by atoms with Crippen LogP contribution in [0.25, 0.3) is 12.2 Å². The second kappa shape index (κ2) is 14.9. The highest BCUT2D eigenvalue weighted by molar-refractivity contribution is 5.71. The second-order valence-corrected chi connectivity index (χ2v) is 8.72. The Hall–Kier alpha value is -6.59. The number of hydrogen-bond acceptors (Lipinski definition) is 18. The largest absolute Gasteiger partial charge is 0.467 e. The number of rotatable bonds is 14. The van der Waals surface area contributed by atoms with Crippen LogP contribution in [0, 0.1) is 0 Å². The minimum absolute atomic E-state index is 0.00458. The molecule has 0 saturated carbocycles. The minimum Gasteiger partial charge on any atom is -0.467 e. The van der Waals surface area contributed by atoms with Gasteiger partial charge in [0.1, 0.15) is 17.2 Å². The summed E-state index contributed by atoms with van der Waals surface area (Å²) in [5, 5.41) is 0.